The largest absolute Gasteiger partial charge is 0.573 e. The van der Waals surface area contributed by atoms with Gasteiger partial charge in [0, 0.05) is 39.3 Å². The third-order valence-corrected chi connectivity index (χ3v) is 4.43. The van der Waals surface area contributed by atoms with Gasteiger partial charge < -0.3 is 14.4 Å². The van der Waals surface area contributed by atoms with Crippen molar-refractivity contribution in [1.29, 1.82) is 0 Å². The number of amides is 1. The van der Waals surface area contributed by atoms with Crippen LogP contribution in [0.15, 0.2) is 24.3 Å². The van der Waals surface area contributed by atoms with Crippen molar-refractivity contribution in [2.45, 2.75) is 31.9 Å². The summed E-state index contributed by atoms with van der Waals surface area (Å²) in [7, 11) is 0. The Morgan fingerprint density at radius 2 is 2.00 bits per heavy atom. The summed E-state index contributed by atoms with van der Waals surface area (Å²) in [6.07, 6.45) is -3.28. The second-order valence-corrected chi connectivity index (χ2v) is 6.30. The molecule has 0 saturated carbocycles. The molecule has 0 N–H and O–H groups in total. The van der Waals surface area contributed by atoms with Crippen LogP contribution in [0.1, 0.15) is 18.4 Å². The van der Waals surface area contributed by atoms with Gasteiger partial charge in [-0.15, -0.1) is 13.2 Å². The van der Waals surface area contributed by atoms with Crippen molar-refractivity contribution in [3.63, 3.8) is 0 Å². The number of alkyl halides is 3. The molecule has 2 heterocycles. The first-order valence-electron chi connectivity index (χ1n) is 8.38. The summed E-state index contributed by atoms with van der Waals surface area (Å²) in [6.45, 7) is 3.75. The minimum Gasteiger partial charge on any atom is -0.406 e. The van der Waals surface area contributed by atoms with E-state index in [1.165, 1.54) is 12.1 Å². The van der Waals surface area contributed by atoms with Gasteiger partial charge in [0.2, 0.25) is 0 Å². The lowest BCUT2D eigenvalue weighted by Crippen LogP contribution is -2.51. The van der Waals surface area contributed by atoms with E-state index >= 15 is 0 Å². The van der Waals surface area contributed by atoms with Crippen molar-refractivity contribution in [2.75, 3.05) is 32.8 Å². The molecule has 1 unspecified atom stereocenters. The van der Waals surface area contributed by atoms with E-state index in [1.54, 1.807) is 12.1 Å². The molecule has 0 bridgehead atoms. The molecule has 2 aliphatic heterocycles. The molecule has 5 nitrogen and oxygen atoms in total. The van der Waals surface area contributed by atoms with Crippen molar-refractivity contribution >= 4 is 5.91 Å². The average Bonchev–Trinajstić information content (AvgIpc) is 3.08. The second-order valence-electron chi connectivity index (χ2n) is 6.30. The number of piperazine rings is 1. The van der Waals surface area contributed by atoms with Gasteiger partial charge in [-0.1, -0.05) is 12.1 Å². The zero-order chi connectivity index (χ0) is 17.9. The maximum Gasteiger partial charge on any atom is 0.573 e. The standard InChI is InChI=1S/C17H21F3N2O3/c18-17(19,20)25-14-4-1-3-13(11-14)12-21-6-8-22(9-7-21)16(23)15-5-2-10-24-15/h1,3-4,11,15H,2,5-10,12H2. The lowest BCUT2D eigenvalue weighted by Gasteiger charge is -2.35. The predicted molar refractivity (Wildman–Crippen MR) is 84.0 cm³/mol. The molecule has 0 radical (unpaired) electrons. The quantitative estimate of drug-likeness (QED) is 0.829. The third kappa shape index (κ3) is 5.09. The van der Waals surface area contributed by atoms with Crippen molar-refractivity contribution < 1.29 is 27.4 Å². The monoisotopic (exact) mass is 358 g/mol. The molecule has 0 spiro atoms. The minimum absolute atomic E-state index is 0.0534. The number of rotatable bonds is 4. The Morgan fingerprint density at radius 1 is 1.24 bits per heavy atom. The zero-order valence-electron chi connectivity index (χ0n) is 13.8. The van der Waals surface area contributed by atoms with Gasteiger partial charge in [0.1, 0.15) is 11.9 Å². The van der Waals surface area contributed by atoms with Crippen LogP contribution in [0.4, 0.5) is 13.2 Å². The summed E-state index contributed by atoms with van der Waals surface area (Å²) in [5.41, 5.74) is 0.751. The van der Waals surface area contributed by atoms with Crippen LogP contribution in [0.25, 0.3) is 0 Å². The number of benzene rings is 1. The number of halogens is 3. The fraction of sp³-hybridized carbons (Fsp3) is 0.588. The normalized spacial score (nSPS) is 22.2. The van der Waals surface area contributed by atoms with Crippen LogP contribution in [0, 0.1) is 0 Å². The first-order valence-corrected chi connectivity index (χ1v) is 8.38. The number of nitrogens with zero attached hydrogens (tertiary/aromatic N) is 2. The van der Waals surface area contributed by atoms with E-state index < -0.39 is 6.36 Å². The first-order chi connectivity index (χ1) is 11.9. The smallest absolute Gasteiger partial charge is 0.406 e. The van der Waals surface area contributed by atoms with Gasteiger partial charge >= 0.3 is 6.36 Å². The Hall–Kier alpha value is -1.80. The molecule has 3 rings (SSSR count). The molecule has 1 atom stereocenters. The van der Waals surface area contributed by atoms with E-state index in [0.717, 1.165) is 18.4 Å². The highest BCUT2D eigenvalue weighted by Gasteiger charge is 2.32. The fourth-order valence-corrected chi connectivity index (χ4v) is 3.20. The molecule has 138 valence electrons. The summed E-state index contributed by atoms with van der Waals surface area (Å²) < 4.78 is 46.3. The van der Waals surface area contributed by atoms with Gasteiger partial charge in [0.15, 0.2) is 0 Å². The zero-order valence-corrected chi connectivity index (χ0v) is 13.8. The highest BCUT2D eigenvalue weighted by atomic mass is 19.4. The summed E-state index contributed by atoms with van der Waals surface area (Å²) >= 11 is 0. The highest BCUT2D eigenvalue weighted by molar-refractivity contribution is 5.81. The van der Waals surface area contributed by atoms with Gasteiger partial charge in [-0.3, -0.25) is 9.69 Å². The summed E-state index contributed by atoms with van der Waals surface area (Å²) in [5.74, 6) is -0.157. The van der Waals surface area contributed by atoms with Crippen molar-refractivity contribution in [3.05, 3.63) is 29.8 Å². The van der Waals surface area contributed by atoms with Crippen LogP contribution >= 0.6 is 0 Å². The Morgan fingerprint density at radius 3 is 2.64 bits per heavy atom. The molecule has 25 heavy (non-hydrogen) atoms. The van der Waals surface area contributed by atoms with Gasteiger partial charge in [-0.25, -0.2) is 0 Å². The van der Waals surface area contributed by atoms with Gasteiger partial charge in [0.25, 0.3) is 5.91 Å². The Kier molecular flexibility index (Phi) is 5.48. The average molecular weight is 358 g/mol. The SMILES string of the molecule is O=C(C1CCCO1)N1CCN(Cc2cccc(OC(F)(F)F)c2)CC1. The first kappa shape index (κ1) is 18.0. The molecule has 2 aliphatic rings. The molecule has 1 aromatic rings. The molecular weight excluding hydrogens is 337 g/mol. The molecular formula is C17H21F3N2O3. The molecule has 1 aromatic carbocycles. The van der Waals surface area contributed by atoms with Gasteiger partial charge in [-0.05, 0) is 30.5 Å². The molecule has 1 amide bonds. The van der Waals surface area contributed by atoms with Crippen molar-refractivity contribution in [2.24, 2.45) is 0 Å². The number of carbonyl (C=O) groups is 1. The van der Waals surface area contributed by atoms with Crippen molar-refractivity contribution in [3.8, 4) is 5.75 Å². The lowest BCUT2D eigenvalue weighted by molar-refractivity contribution is -0.274. The maximum absolute atomic E-state index is 12.3. The Bertz CT molecular complexity index is 595. The van der Waals surface area contributed by atoms with E-state index in [-0.39, 0.29) is 17.8 Å². The molecule has 0 aromatic heterocycles. The lowest BCUT2D eigenvalue weighted by atomic mass is 10.1. The van der Waals surface area contributed by atoms with E-state index in [9.17, 15) is 18.0 Å². The second kappa shape index (κ2) is 7.61. The van der Waals surface area contributed by atoms with Crippen LogP contribution in [0.5, 0.6) is 5.75 Å². The number of carbonyl (C=O) groups excluding carboxylic acids is 1. The van der Waals surface area contributed by atoms with Crippen LogP contribution in [-0.4, -0.2) is 61.0 Å². The van der Waals surface area contributed by atoms with Crippen LogP contribution < -0.4 is 4.74 Å². The predicted octanol–water partition coefficient (Wildman–Crippen LogP) is 2.41. The minimum atomic E-state index is -4.69. The summed E-state index contributed by atoms with van der Waals surface area (Å²) in [6, 6.07) is 6.01. The molecule has 8 heteroatoms. The van der Waals surface area contributed by atoms with Crippen molar-refractivity contribution in [1.82, 2.24) is 9.80 Å². The molecule has 0 aliphatic carbocycles. The summed E-state index contributed by atoms with van der Waals surface area (Å²) in [4.78, 5) is 16.2. The van der Waals surface area contributed by atoms with Crippen LogP contribution in [0.2, 0.25) is 0 Å². The van der Waals surface area contributed by atoms with Gasteiger partial charge in [0.05, 0.1) is 0 Å². The number of hydrogen-bond acceptors (Lipinski definition) is 4. The van der Waals surface area contributed by atoms with Gasteiger partial charge in [-0.2, -0.15) is 0 Å². The maximum atomic E-state index is 12.3. The van der Waals surface area contributed by atoms with E-state index in [1.807, 2.05) is 4.90 Å². The summed E-state index contributed by atoms with van der Waals surface area (Å²) in [5, 5.41) is 0. The fourth-order valence-electron chi connectivity index (χ4n) is 3.20. The Balaban J connectivity index is 1.50. The third-order valence-electron chi connectivity index (χ3n) is 4.43. The number of hydrogen-bond donors (Lipinski definition) is 0. The Labute approximate surface area is 144 Å². The molecule has 2 fully saturated rings. The highest BCUT2D eigenvalue weighted by Crippen LogP contribution is 2.24. The van der Waals surface area contributed by atoms with Crippen LogP contribution in [0.3, 0.4) is 0 Å². The van der Waals surface area contributed by atoms with E-state index in [2.05, 4.69) is 9.64 Å². The topological polar surface area (TPSA) is 42.0 Å². The molecule has 2 saturated heterocycles. The van der Waals surface area contributed by atoms with E-state index in [4.69, 9.17) is 4.74 Å². The van der Waals surface area contributed by atoms with Crippen LogP contribution in [-0.2, 0) is 16.1 Å². The number of ether oxygens (including phenoxy) is 2. The van der Waals surface area contributed by atoms with E-state index in [0.29, 0.717) is 39.3 Å².